The van der Waals surface area contributed by atoms with E-state index in [-0.39, 0.29) is 0 Å². The molecular formula is C19H30N2. The number of rotatable bonds is 3. The van der Waals surface area contributed by atoms with Crippen molar-refractivity contribution in [2.45, 2.75) is 40.0 Å². The van der Waals surface area contributed by atoms with Crippen molar-refractivity contribution in [2.24, 2.45) is 0 Å². The average Bonchev–Trinajstić information content (AvgIpc) is 2.45. The van der Waals surface area contributed by atoms with Crippen LogP contribution in [0.25, 0.3) is 0 Å². The average molecular weight is 286 g/mol. The van der Waals surface area contributed by atoms with Gasteiger partial charge in [-0.3, -0.25) is 0 Å². The number of nitrogens with one attached hydrogen (secondary N) is 1. The van der Waals surface area contributed by atoms with E-state index in [4.69, 9.17) is 0 Å². The first-order chi connectivity index (χ1) is 9.97. The quantitative estimate of drug-likeness (QED) is 0.765. The normalized spacial score (nSPS) is 21.0. The zero-order valence-electron chi connectivity index (χ0n) is 14.0. The SMILES string of the molecule is C=C/C(C)=C1/C(=C)CCCCNCCN1/C=C(\C)C(=C)C. The maximum Gasteiger partial charge on any atom is 0.0462 e. The first kappa shape index (κ1) is 17.5. The van der Waals surface area contributed by atoms with Crippen molar-refractivity contribution in [3.63, 3.8) is 0 Å². The van der Waals surface area contributed by atoms with E-state index in [1.54, 1.807) is 0 Å². The minimum atomic E-state index is 0.935. The molecule has 0 atom stereocenters. The van der Waals surface area contributed by atoms with Gasteiger partial charge in [-0.25, -0.2) is 0 Å². The molecule has 1 rings (SSSR count). The lowest BCUT2D eigenvalue weighted by Crippen LogP contribution is -2.31. The van der Waals surface area contributed by atoms with Crippen LogP contribution < -0.4 is 5.32 Å². The van der Waals surface area contributed by atoms with Crippen LogP contribution in [0.2, 0.25) is 0 Å². The van der Waals surface area contributed by atoms with Gasteiger partial charge in [0.15, 0.2) is 0 Å². The Morgan fingerprint density at radius 2 is 1.90 bits per heavy atom. The summed E-state index contributed by atoms with van der Waals surface area (Å²) in [6, 6.07) is 0. The molecule has 2 nitrogen and oxygen atoms in total. The maximum absolute atomic E-state index is 4.32. The molecule has 0 unspecified atom stereocenters. The third-order valence-corrected chi connectivity index (χ3v) is 3.94. The second kappa shape index (κ2) is 8.68. The second-order valence-corrected chi connectivity index (χ2v) is 5.83. The van der Waals surface area contributed by atoms with Crippen LogP contribution in [-0.4, -0.2) is 24.5 Å². The summed E-state index contributed by atoms with van der Waals surface area (Å²) < 4.78 is 0. The van der Waals surface area contributed by atoms with Gasteiger partial charge in [-0.2, -0.15) is 0 Å². The Balaban J connectivity index is 3.19. The summed E-state index contributed by atoms with van der Waals surface area (Å²) in [5, 5.41) is 3.51. The fourth-order valence-corrected chi connectivity index (χ4v) is 2.42. The number of hydrogen-bond donors (Lipinski definition) is 1. The highest BCUT2D eigenvalue weighted by molar-refractivity contribution is 5.38. The van der Waals surface area contributed by atoms with Crippen molar-refractivity contribution in [2.75, 3.05) is 19.6 Å². The maximum atomic E-state index is 4.32. The fraction of sp³-hybridized carbons (Fsp3) is 0.474. The molecule has 0 spiro atoms. The zero-order valence-corrected chi connectivity index (χ0v) is 14.0. The van der Waals surface area contributed by atoms with E-state index in [1.807, 2.05) is 13.0 Å². The number of nitrogens with zero attached hydrogens (tertiary/aromatic N) is 1. The monoisotopic (exact) mass is 286 g/mol. The standard InChI is InChI=1S/C19H30N2/c1-7-16(4)19-17(5)10-8-9-11-20-12-13-21(19)14-18(6)15(2)3/h7,14,20H,1-2,5,8-13H2,3-4,6H3/b18-14+,19-16-. The van der Waals surface area contributed by atoms with Gasteiger partial charge in [-0.05, 0) is 63.3 Å². The van der Waals surface area contributed by atoms with Gasteiger partial charge in [0.1, 0.15) is 0 Å². The summed E-state index contributed by atoms with van der Waals surface area (Å²) in [6.45, 7) is 21.6. The Bertz CT molecular complexity index is 466. The van der Waals surface area contributed by atoms with Gasteiger partial charge in [-0.15, -0.1) is 0 Å². The predicted octanol–water partition coefficient (Wildman–Crippen LogP) is 4.56. The molecule has 0 aliphatic carbocycles. The van der Waals surface area contributed by atoms with Crippen molar-refractivity contribution in [1.82, 2.24) is 10.2 Å². The molecule has 1 saturated heterocycles. The molecule has 21 heavy (non-hydrogen) atoms. The summed E-state index contributed by atoms with van der Waals surface area (Å²) in [6.07, 6.45) is 7.55. The molecule has 1 heterocycles. The van der Waals surface area contributed by atoms with Gasteiger partial charge in [0.2, 0.25) is 0 Å². The second-order valence-electron chi connectivity index (χ2n) is 5.83. The van der Waals surface area contributed by atoms with Gasteiger partial charge >= 0.3 is 0 Å². The third kappa shape index (κ3) is 5.39. The molecule has 2 heteroatoms. The van der Waals surface area contributed by atoms with Crippen molar-refractivity contribution in [1.29, 1.82) is 0 Å². The van der Waals surface area contributed by atoms with Gasteiger partial charge in [0.05, 0.1) is 0 Å². The topological polar surface area (TPSA) is 15.3 Å². The summed E-state index contributed by atoms with van der Waals surface area (Å²) in [5.41, 5.74) is 5.91. The first-order valence-corrected chi connectivity index (χ1v) is 7.80. The molecule has 0 aromatic heterocycles. The lowest BCUT2D eigenvalue weighted by molar-refractivity contribution is 0.434. The highest BCUT2D eigenvalue weighted by atomic mass is 15.1. The highest BCUT2D eigenvalue weighted by Gasteiger charge is 2.14. The minimum absolute atomic E-state index is 0.935. The van der Waals surface area contributed by atoms with Crippen LogP contribution in [0.1, 0.15) is 40.0 Å². The minimum Gasteiger partial charge on any atom is -0.346 e. The van der Waals surface area contributed by atoms with Crippen LogP contribution in [0.3, 0.4) is 0 Å². The van der Waals surface area contributed by atoms with Gasteiger partial charge in [0.25, 0.3) is 0 Å². The third-order valence-electron chi connectivity index (χ3n) is 3.94. The van der Waals surface area contributed by atoms with Gasteiger partial charge < -0.3 is 10.2 Å². The Morgan fingerprint density at radius 1 is 1.19 bits per heavy atom. The lowest BCUT2D eigenvalue weighted by atomic mass is 10.0. The molecule has 0 aromatic rings. The summed E-state index contributed by atoms with van der Waals surface area (Å²) in [4.78, 5) is 2.31. The van der Waals surface area contributed by atoms with E-state index in [1.165, 1.54) is 35.3 Å². The molecule has 0 aromatic carbocycles. The van der Waals surface area contributed by atoms with Crippen LogP contribution in [0.5, 0.6) is 0 Å². The highest BCUT2D eigenvalue weighted by Crippen LogP contribution is 2.25. The molecule has 1 N–H and O–H groups in total. The predicted molar refractivity (Wildman–Crippen MR) is 94.0 cm³/mol. The first-order valence-electron chi connectivity index (χ1n) is 7.80. The Morgan fingerprint density at radius 3 is 2.52 bits per heavy atom. The van der Waals surface area contributed by atoms with Gasteiger partial charge in [0, 0.05) is 25.0 Å². The molecule has 1 aliphatic heterocycles. The Kier molecular flexibility index (Phi) is 7.24. The van der Waals surface area contributed by atoms with Crippen LogP contribution in [0, 0.1) is 0 Å². The van der Waals surface area contributed by atoms with Crippen molar-refractivity contribution in [3.8, 4) is 0 Å². The lowest BCUT2D eigenvalue weighted by Gasteiger charge is -2.29. The number of allylic oxidation sites excluding steroid dienone is 5. The zero-order chi connectivity index (χ0) is 15.8. The van der Waals surface area contributed by atoms with E-state index in [2.05, 4.69) is 50.0 Å². The largest absolute Gasteiger partial charge is 0.346 e. The van der Waals surface area contributed by atoms with E-state index in [0.29, 0.717) is 0 Å². The van der Waals surface area contributed by atoms with E-state index < -0.39 is 0 Å². The van der Waals surface area contributed by atoms with Crippen molar-refractivity contribution >= 4 is 0 Å². The number of hydrogen-bond acceptors (Lipinski definition) is 2. The molecule has 0 bridgehead atoms. The van der Waals surface area contributed by atoms with Crippen LogP contribution >= 0.6 is 0 Å². The van der Waals surface area contributed by atoms with Crippen LogP contribution in [0.15, 0.2) is 60.0 Å². The Hall–Kier alpha value is -1.54. The molecule has 116 valence electrons. The molecule has 0 amide bonds. The summed E-state index contributed by atoms with van der Waals surface area (Å²) >= 11 is 0. The van der Waals surface area contributed by atoms with Crippen LogP contribution in [-0.2, 0) is 0 Å². The van der Waals surface area contributed by atoms with Gasteiger partial charge in [-0.1, -0.05) is 31.4 Å². The van der Waals surface area contributed by atoms with Crippen molar-refractivity contribution in [3.05, 3.63) is 60.0 Å². The summed E-state index contributed by atoms with van der Waals surface area (Å²) in [7, 11) is 0. The summed E-state index contributed by atoms with van der Waals surface area (Å²) in [5.74, 6) is 0. The smallest absolute Gasteiger partial charge is 0.0462 e. The van der Waals surface area contributed by atoms with E-state index in [0.717, 1.165) is 31.6 Å². The van der Waals surface area contributed by atoms with E-state index in [9.17, 15) is 0 Å². The molecule has 0 radical (unpaired) electrons. The Labute approximate surface area is 130 Å². The van der Waals surface area contributed by atoms with Crippen molar-refractivity contribution < 1.29 is 0 Å². The molecule has 1 fully saturated rings. The van der Waals surface area contributed by atoms with E-state index >= 15 is 0 Å². The van der Waals surface area contributed by atoms with Crippen LogP contribution in [0.4, 0.5) is 0 Å². The molecular weight excluding hydrogens is 256 g/mol. The molecule has 1 aliphatic rings. The molecule has 0 saturated carbocycles. The fourth-order valence-electron chi connectivity index (χ4n) is 2.42.